The molecule has 0 radical (unpaired) electrons. The van der Waals surface area contributed by atoms with E-state index >= 15 is 0 Å². The Labute approximate surface area is 187 Å². The van der Waals surface area contributed by atoms with Gasteiger partial charge in [0.05, 0.1) is 17.2 Å². The predicted octanol–water partition coefficient (Wildman–Crippen LogP) is 4.63. The molecule has 0 heterocycles. The largest absolute Gasteiger partial charge is 0.380 e. The summed E-state index contributed by atoms with van der Waals surface area (Å²) in [6, 6.07) is 20.1. The van der Waals surface area contributed by atoms with Gasteiger partial charge in [0.25, 0.3) is 10.0 Å². The second kappa shape index (κ2) is 9.96. The van der Waals surface area contributed by atoms with Crippen molar-refractivity contribution in [3.8, 4) is 0 Å². The zero-order valence-corrected chi connectivity index (χ0v) is 18.8. The minimum absolute atomic E-state index is 0.0965. The molecule has 0 aliphatic carbocycles. The Bertz CT molecular complexity index is 1170. The lowest BCUT2D eigenvalue weighted by Gasteiger charge is -2.25. The maximum absolute atomic E-state index is 13.4. The van der Waals surface area contributed by atoms with Gasteiger partial charge in [0.15, 0.2) is 0 Å². The summed E-state index contributed by atoms with van der Waals surface area (Å²) < 4.78 is 33.0. The third kappa shape index (κ3) is 5.64. The highest BCUT2D eigenvalue weighted by Gasteiger charge is 2.28. The number of hydrogen-bond acceptors (Lipinski definition) is 4. The van der Waals surface area contributed by atoms with Crippen LogP contribution >= 0.6 is 11.6 Å². The molecule has 3 aromatic rings. The second-order valence-electron chi connectivity index (χ2n) is 6.94. The number of anilines is 2. The van der Waals surface area contributed by atoms with Gasteiger partial charge < -0.3 is 10.1 Å². The van der Waals surface area contributed by atoms with Crippen LogP contribution in [0.4, 0.5) is 11.4 Å². The average molecular weight is 459 g/mol. The lowest BCUT2D eigenvalue weighted by Crippen LogP contribution is -2.38. The molecular weight excluding hydrogens is 436 g/mol. The first-order valence-corrected chi connectivity index (χ1v) is 11.3. The number of carbonyl (C=O) groups excluding carboxylic acids is 1. The highest BCUT2D eigenvalue weighted by atomic mass is 35.5. The quantitative estimate of drug-likeness (QED) is 0.534. The smallest absolute Gasteiger partial charge is 0.264 e. The summed E-state index contributed by atoms with van der Waals surface area (Å²) in [5.41, 5.74) is 2.48. The van der Waals surface area contributed by atoms with Crippen LogP contribution in [0.2, 0.25) is 5.02 Å². The Morgan fingerprint density at radius 1 is 1.03 bits per heavy atom. The number of halogens is 1. The van der Waals surface area contributed by atoms with Crippen LogP contribution in [0.5, 0.6) is 0 Å². The van der Waals surface area contributed by atoms with Crippen molar-refractivity contribution in [1.82, 2.24) is 0 Å². The number of methoxy groups -OCH3 is 1. The van der Waals surface area contributed by atoms with Crippen molar-refractivity contribution in [2.45, 2.75) is 18.4 Å². The van der Waals surface area contributed by atoms with Crippen LogP contribution in [0.15, 0.2) is 77.7 Å². The number of nitrogens with zero attached hydrogens (tertiary/aromatic N) is 1. The van der Waals surface area contributed by atoms with E-state index in [2.05, 4.69) is 5.32 Å². The van der Waals surface area contributed by atoms with Crippen molar-refractivity contribution in [3.63, 3.8) is 0 Å². The van der Waals surface area contributed by atoms with Crippen molar-refractivity contribution in [2.24, 2.45) is 0 Å². The molecule has 8 heteroatoms. The topological polar surface area (TPSA) is 75.7 Å². The van der Waals surface area contributed by atoms with E-state index in [1.165, 1.54) is 12.1 Å². The highest BCUT2D eigenvalue weighted by molar-refractivity contribution is 7.92. The van der Waals surface area contributed by atoms with Crippen LogP contribution in [0.25, 0.3) is 0 Å². The van der Waals surface area contributed by atoms with E-state index in [1.807, 2.05) is 6.07 Å². The number of nitrogens with one attached hydrogen (secondary N) is 1. The number of amides is 1. The molecule has 1 amide bonds. The van der Waals surface area contributed by atoms with Crippen molar-refractivity contribution >= 4 is 38.9 Å². The molecule has 0 aliphatic heterocycles. The lowest BCUT2D eigenvalue weighted by atomic mass is 10.2. The van der Waals surface area contributed by atoms with E-state index in [9.17, 15) is 13.2 Å². The van der Waals surface area contributed by atoms with Crippen LogP contribution in [0, 0.1) is 6.92 Å². The fraction of sp³-hybridized carbons (Fsp3) is 0.174. The van der Waals surface area contributed by atoms with Gasteiger partial charge in [-0.05, 0) is 60.5 Å². The zero-order valence-electron chi connectivity index (χ0n) is 17.2. The summed E-state index contributed by atoms with van der Waals surface area (Å²) in [5.74, 6) is -0.469. The normalized spacial score (nSPS) is 11.2. The molecule has 162 valence electrons. The Morgan fingerprint density at radius 2 is 1.77 bits per heavy atom. The van der Waals surface area contributed by atoms with Gasteiger partial charge in [-0.25, -0.2) is 8.42 Å². The summed E-state index contributed by atoms with van der Waals surface area (Å²) in [5, 5.41) is 3.25. The van der Waals surface area contributed by atoms with Crippen molar-refractivity contribution in [3.05, 3.63) is 88.9 Å². The highest BCUT2D eigenvalue weighted by Crippen LogP contribution is 2.29. The molecule has 0 unspecified atom stereocenters. The molecule has 6 nitrogen and oxygen atoms in total. The SMILES string of the molecule is COCc1cccc(NC(=O)CN(c2ccc(Cl)cc2C)S(=O)(=O)c2ccccc2)c1. The summed E-state index contributed by atoms with van der Waals surface area (Å²) in [6.45, 7) is 1.76. The van der Waals surface area contributed by atoms with E-state index in [1.54, 1.807) is 68.6 Å². The molecule has 0 bridgehead atoms. The number of benzene rings is 3. The third-order valence-electron chi connectivity index (χ3n) is 4.57. The van der Waals surface area contributed by atoms with Gasteiger partial charge in [-0.2, -0.15) is 0 Å². The Hall–Kier alpha value is -2.87. The molecule has 0 saturated heterocycles. The standard InChI is InChI=1S/C23H23ClN2O4S/c1-17-13-19(24)11-12-22(17)26(31(28,29)21-9-4-3-5-10-21)15-23(27)25-20-8-6-7-18(14-20)16-30-2/h3-14H,15-16H2,1-2H3,(H,25,27). The number of rotatable bonds is 8. The molecule has 0 atom stereocenters. The van der Waals surface area contributed by atoms with Gasteiger partial charge in [0.1, 0.15) is 6.54 Å². The minimum Gasteiger partial charge on any atom is -0.380 e. The Kier molecular flexibility index (Phi) is 7.33. The maximum Gasteiger partial charge on any atom is 0.264 e. The average Bonchev–Trinajstić information content (AvgIpc) is 2.73. The second-order valence-corrected chi connectivity index (χ2v) is 9.24. The molecule has 0 spiro atoms. The van der Waals surface area contributed by atoms with Gasteiger partial charge in [0.2, 0.25) is 5.91 Å². The van der Waals surface area contributed by atoms with Gasteiger partial charge in [-0.3, -0.25) is 9.10 Å². The molecule has 0 aliphatic rings. The summed E-state index contributed by atoms with van der Waals surface area (Å²) >= 11 is 6.05. The van der Waals surface area contributed by atoms with Gasteiger partial charge in [-0.1, -0.05) is 41.9 Å². The molecule has 3 rings (SSSR count). The number of hydrogen-bond donors (Lipinski definition) is 1. The first-order valence-electron chi connectivity index (χ1n) is 9.53. The number of aryl methyl sites for hydroxylation is 1. The number of ether oxygens (including phenoxy) is 1. The van der Waals surface area contributed by atoms with Gasteiger partial charge >= 0.3 is 0 Å². The Balaban J connectivity index is 1.93. The summed E-state index contributed by atoms with van der Waals surface area (Å²) in [6.07, 6.45) is 0. The minimum atomic E-state index is -3.98. The van der Waals surface area contributed by atoms with Crippen LogP contribution < -0.4 is 9.62 Å². The molecule has 0 fully saturated rings. The first kappa shape index (κ1) is 22.8. The monoisotopic (exact) mass is 458 g/mol. The van der Waals surface area contributed by atoms with Crippen molar-refractivity contribution in [2.75, 3.05) is 23.3 Å². The summed E-state index contributed by atoms with van der Waals surface area (Å²) in [4.78, 5) is 12.9. The fourth-order valence-electron chi connectivity index (χ4n) is 3.15. The van der Waals surface area contributed by atoms with E-state index in [0.717, 1.165) is 9.87 Å². The van der Waals surface area contributed by atoms with E-state index < -0.39 is 22.5 Å². The number of carbonyl (C=O) groups is 1. The van der Waals surface area contributed by atoms with E-state index in [-0.39, 0.29) is 4.90 Å². The van der Waals surface area contributed by atoms with Crippen molar-refractivity contribution in [1.29, 1.82) is 0 Å². The molecular formula is C23H23ClN2O4S. The first-order chi connectivity index (χ1) is 14.8. The molecule has 0 aromatic heterocycles. The summed E-state index contributed by atoms with van der Waals surface area (Å²) in [7, 11) is -2.39. The third-order valence-corrected chi connectivity index (χ3v) is 6.58. The fourth-order valence-corrected chi connectivity index (χ4v) is 4.89. The zero-order chi connectivity index (χ0) is 22.4. The van der Waals surface area contributed by atoms with Crippen LogP contribution in [0.1, 0.15) is 11.1 Å². The number of sulfonamides is 1. The van der Waals surface area contributed by atoms with Gasteiger partial charge in [-0.15, -0.1) is 0 Å². The maximum atomic E-state index is 13.4. The molecule has 3 aromatic carbocycles. The molecule has 0 saturated carbocycles. The predicted molar refractivity (Wildman–Crippen MR) is 123 cm³/mol. The van der Waals surface area contributed by atoms with Gasteiger partial charge in [0, 0.05) is 17.8 Å². The van der Waals surface area contributed by atoms with Crippen LogP contribution in [-0.4, -0.2) is 28.0 Å². The lowest BCUT2D eigenvalue weighted by molar-refractivity contribution is -0.114. The van der Waals surface area contributed by atoms with Crippen molar-refractivity contribution < 1.29 is 17.9 Å². The van der Waals surface area contributed by atoms with Crippen LogP contribution in [-0.2, 0) is 26.2 Å². The molecule has 31 heavy (non-hydrogen) atoms. The van der Waals surface area contributed by atoms with E-state index in [4.69, 9.17) is 16.3 Å². The van der Waals surface area contributed by atoms with Crippen LogP contribution in [0.3, 0.4) is 0 Å². The Morgan fingerprint density at radius 3 is 2.45 bits per heavy atom. The van der Waals surface area contributed by atoms with E-state index in [0.29, 0.717) is 28.6 Å². The molecule has 1 N–H and O–H groups in total.